The highest BCUT2D eigenvalue weighted by Crippen LogP contribution is 2.19. The number of carboxylic acid groups (broad SMARTS) is 1. The fourth-order valence-corrected chi connectivity index (χ4v) is 1.47. The molecular weight excluding hydrogens is 222 g/mol. The molecule has 0 unspecified atom stereocenters. The lowest BCUT2D eigenvalue weighted by atomic mass is 10.1. The molecule has 5 nitrogen and oxygen atoms in total. The minimum atomic E-state index is -0.304. The van der Waals surface area contributed by atoms with Crippen LogP contribution in [0.3, 0.4) is 0 Å². The number of nitro groups is 1. The molecule has 0 aliphatic heterocycles. The van der Waals surface area contributed by atoms with E-state index in [1.165, 1.54) is 0 Å². The normalized spacial score (nSPS) is 9.00. The van der Waals surface area contributed by atoms with Crippen LogP contribution < -0.4 is 0 Å². The van der Waals surface area contributed by atoms with Crippen LogP contribution in [-0.4, -0.2) is 16.5 Å². The van der Waals surface area contributed by atoms with E-state index < -0.39 is 0 Å². The number of carbonyl (C=O) groups is 1. The zero-order valence-electron chi connectivity index (χ0n) is 9.83. The van der Waals surface area contributed by atoms with Crippen LogP contribution in [0.4, 0.5) is 5.69 Å². The number of nitrogens with zero attached hydrogens (tertiary/aromatic N) is 1. The van der Waals surface area contributed by atoms with Gasteiger partial charge in [-0.05, 0) is 12.8 Å². The maximum atomic E-state index is 10.7. The van der Waals surface area contributed by atoms with E-state index in [1.54, 1.807) is 12.1 Å². The summed E-state index contributed by atoms with van der Waals surface area (Å²) < 4.78 is 0. The Kier molecular flexibility index (Phi) is 8.28. The van der Waals surface area contributed by atoms with Gasteiger partial charge in [-0.3, -0.25) is 14.9 Å². The van der Waals surface area contributed by atoms with Crippen molar-refractivity contribution in [3.63, 3.8) is 0 Å². The van der Waals surface area contributed by atoms with Gasteiger partial charge in [-0.25, -0.2) is 0 Å². The van der Waals surface area contributed by atoms with Gasteiger partial charge < -0.3 is 5.11 Å². The molecule has 1 N–H and O–H groups in total. The van der Waals surface area contributed by atoms with Gasteiger partial charge in [-0.1, -0.05) is 38.0 Å². The van der Waals surface area contributed by atoms with E-state index in [1.807, 2.05) is 12.1 Å². The van der Waals surface area contributed by atoms with E-state index in [9.17, 15) is 10.1 Å². The SMILES string of the molecule is CCCCCc1ccccc1[N+](=O)[O-].O=CO. The Morgan fingerprint density at radius 2 is 1.94 bits per heavy atom. The number of nitro benzene ring substituents is 1. The first-order valence-electron chi connectivity index (χ1n) is 5.47. The van der Waals surface area contributed by atoms with Gasteiger partial charge in [0.05, 0.1) is 4.92 Å². The zero-order chi connectivity index (χ0) is 13.1. The highest BCUT2D eigenvalue weighted by molar-refractivity contribution is 5.39. The van der Waals surface area contributed by atoms with Crippen molar-refractivity contribution in [2.24, 2.45) is 0 Å². The summed E-state index contributed by atoms with van der Waals surface area (Å²) in [5.74, 6) is 0. The summed E-state index contributed by atoms with van der Waals surface area (Å²) in [5.41, 5.74) is 1.11. The van der Waals surface area contributed by atoms with Crippen LogP contribution in [0, 0.1) is 10.1 Å². The molecule has 0 aliphatic rings. The largest absolute Gasteiger partial charge is 0.483 e. The van der Waals surface area contributed by atoms with Gasteiger partial charge in [0.1, 0.15) is 0 Å². The number of hydrogen-bond donors (Lipinski definition) is 1. The maximum absolute atomic E-state index is 10.7. The standard InChI is InChI=1S/C11H15NO2.CH2O2/c1-2-3-4-7-10-8-5-6-9-11(10)12(13)14;2-1-3/h5-6,8-9H,2-4,7H2,1H3;1H,(H,2,3). The van der Waals surface area contributed by atoms with Crippen molar-refractivity contribution in [3.8, 4) is 0 Å². The number of unbranched alkanes of at least 4 members (excludes halogenated alkanes) is 2. The first kappa shape index (κ1) is 15.1. The molecule has 0 fully saturated rings. The number of benzene rings is 1. The molecule has 0 atom stereocenters. The summed E-state index contributed by atoms with van der Waals surface area (Å²) in [6.07, 6.45) is 4.11. The third-order valence-electron chi connectivity index (χ3n) is 2.24. The van der Waals surface area contributed by atoms with E-state index >= 15 is 0 Å². The molecule has 1 aromatic rings. The molecule has 0 radical (unpaired) electrons. The van der Waals surface area contributed by atoms with Crippen molar-refractivity contribution < 1.29 is 14.8 Å². The second kappa shape index (κ2) is 9.33. The molecule has 1 aromatic carbocycles. The van der Waals surface area contributed by atoms with Crippen LogP contribution in [0.5, 0.6) is 0 Å². The van der Waals surface area contributed by atoms with Crippen molar-refractivity contribution in [1.29, 1.82) is 0 Å². The maximum Gasteiger partial charge on any atom is 0.290 e. The molecular formula is C12H17NO4. The van der Waals surface area contributed by atoms with Crippen molar-refractivity contribution in [3.05, 3.63) is 39.9 Å². The Morgan fingerprint density at radius 1 is 1.35 bits per heavy atom. The average Bonchev–Trinajstić information content (AvgIpc) is 2.31. The predicted molar refractivity (Wildman–Crippen MR) is 65.0 cm³/mol. The lowest BCUT2D eigenvalue weighted by molar-refractivity contribution is -0.385. The third-order valence-corrected chi connectivity index (χ3v) is 2.24. The first-order chi connectivity index (χ1) is 8.17. The van der Waals surface area contributed by atoms with E-state index in [0.717, 1.165) is 31.2 Å². The number of hydrogen-bond acceptors (Lipinski definition) is 3. The Balaban J connectivity index is 0.000000770. The Bertz CT molecular complexity index is 352. The van der Waals surface area contributed by atoms with Gasteiger partial charge in [-0.2, -0.15) is 0 Å². The van der Waals surface area contributed by atoms with Crippen LogP contribution in [0.15, 0.2) is 24.3 Å². The molecule has 94 valence electrons. The van der Waals surface area contributed by atoms with Crippen molar-refractivity contribution >= 4 is 12.2 Å². The third kappa shape index (κ3) is 6.29. The number of para-hydroxylation sites is 1. The molecule has 17 heavy (non-hydrogen) atoms. The van der Waals surface area contributed by atoms with E-state index in [0.29, 0.717) is 0 Å². The summed E-state index contributed by atoms with van der Waals surface area (Å²) in [6, 6.07) is 6.98. The van der Waals surface area contributed by atoms with Gasteiger partial charge in [0, 0.05) is 11.6 Å². The second-order valence-corrected chi connectivity index (χ2v) is 3.45. The zero-order valence-corrected chi connectivity index (χ0v) is 9.83. The summed E-state index contributed by atoms with van der Waals surface area (Å²) in [4.78, 5) is 18.7. The van der Waals surface area contributed by atoms with Crippen LogP contribution in [0.25, 0.3) is 0 Å². The van der Waals surface area contributed by atoms with Crippen LogP contribution in [0.1, 0.15) is 31.7 Å². The van der Waals surface area contributed by atoms with E-state index in [-0.39, 0.29) is 17.1 Å². The van der Waals surface area contributed by atoms with Gasteiger partial charge in [0.2, 0.25) is 0 Å². The van der Waals surface area contributed by atoms with Crippen molar-refractivity contribution in [2.75, 3.05) is 0 Å². The molecule has 0 heterocycles. The highest BCUT2D eigenvalue weighted by Gasteiger charge is 2.10. The summed E-state index contributed by atoms with van der Waals surface area (Å²) in [7, 11) is 0. The molecule has 1 rings (SSSR count). The van der Waals surface area contributed by atoms with Gasteiger partial charge in [-0.15, -0.1) is 0 Å². The molecule has 0 saturated carbocycles. The minimum Gasteiger partial charge on any atom is -0.483 e. The Morgan fingerprint density at radius 3 is 2.47 bits per heavy atom. The van der Waals surface area contributed by atoms with Crippen LogP contribution in [-0.2, 0) is 11.2 Å². The highest BCUT2D eigenvalue weighted by atomic mass is 16.6. The molecule has 0 bridgehead atoms. The van der Waals surface area contributed by atoms with Crippen molar-refractivity contribution in [1.82, 2.24) is 0 Å². The lowest BCUT2D eigenvalue weighted by Gasteiger charge is -2.01. The predicted octanol–water partition coefficient (Wildman–Crippen LogP) is 3.03. The number of aryl methyl sites for hydroxylation is 1. The molecule has 0 amide bonds. The monoisotopic (exact) mass is 239 g/mol. The summed E-state index contributed by atoms with van der Waals surface area (Å²) in [5, 5.41) is 17.5. The molecule has 0 aliphatic carbocycles. The first-order valence-corrected chi connectivity index (χ1v) is 5.47. The van der Waals surface area contributed by atoms with Gasteiger partial charge in [0.25, 0.3) is 12.2 Å². The number of rotatable bonds is 5. The smallest absolute Gasteiger partial charge is 0.290 e. The molecule has 5 heteroatoms. The van der Waals surface area contributed by atoms with Crippen LogP contribution >= 0.6 is 0 Å². The Labute approximate surface area is 100 Å². The summed E-state index contributed by atoms with van der Waals surface area (Å²) in [6.45, 7) is 1.87. The van der Waals surface area contributed by atoms with Gasteiger partial charge >= 0.3 is 0 Å². The average molecular weight is 239 g/mol. The fourth-order valence-electron chi connectivity index (χ4n) is 1.47. The quantitative estimate of drug-likeness (QED) is 0.370. The molecule has 0 saturated heterocycles. The second-order valence-electron chi connectivity index (χ2n) is 3.45. The fraction of sp³-hybridized carbons (Fsp3) is 0.417. The Hall–Kier alpha value is -1.91. The van der Waals surface area contributed by atoms with E-state index in [4.69, 9.17) is 9.90 Å². The van der Waals surface area contributed by atoms with Crippen LogP contribution in [0.2, 0.25) is 0 Å². The van der Waals surface area contributed by atoms with Gasteiger partial charge in [0.15, 0.2) is 0 Å². The lowest BCUT2D eigenvalue weighted by Crippen LogP contribution is -1.95. The van der Waals surface area contributed by atoms with E-state index in [2.05, 4.69) is 6.92 Å². The molecule has 0 aromatic heterocycles. The van der Waals surface area contributed by atoms with Crippen molar-refractivity contribution in [2.45, 2.75) is 32.6 Å². The summed E-state index contributed by atoms with van der Waals surface area (Å²) >= 11 is 0. The minimum absolute atomic E-state index is 0.250. The molecule has 0 spiro atoms. The topological polar surface area (TPSA) is 80.4 Å².